The van der Waals surface area contributed by atoms with Gasteiger partial charge in [-0.05, 0) is 42.7 Å². The van der Waals surface area contributed by atoms with Crippen LogP contribution in [0, 0.1) is 0 Å². The van der Waals surface area contributed by atoms with Crippen molar-refractivity contribution in [3.8, 4) is 5.75 Å². The van der Waals surface area contributed by atoms with Gasteiger partial charge in [0.2, 0.25) is 5.91 Å². The van der Waals surface area contributed by atoms with Crippen LogP contribution in [0.4, 0.5) is 5.82 Å². The number of benzene rings is 2. The molecule has 2 N–H and O–H groups in total. The van der Waals surface area contributed by atoms with Gasteiger partial charge >= 0.3 is 5.69 Å². The number of carbonyl (C=O) groups excluding carboxylic acids is 1. The summed E-state index contributed by atoms with van der Waals surface area (Å²) < 4.78 is 6.64. The number of rotatable bonds is 7. The molecule has 1 saturated carbocycles. The number of nitrogens with one attached hydrogen (secondary N) is 2. The van der Waals surface area contributed by atoms with Crippen molar-refractivity contribution in [2.24, 2.45) is 0 Å². The fourth-order valence-electron chi connectivity index (χ4n) is 4.11. The number of para-hydroxylation sites is 1. The van der Waals surface area contributed by atoms with E-state index in [0.717, 1.165) is 42.4 Å². The van der Waals surface area contributed by atoms with E-state index in [4.69, 9.17) is 4.74 Å². The zero-order chi connectivity index (χ0) is 21.6. The van der Waals surface area contributed by atoms with Crippen molar-refractivity contribution in [1.82, 2.24) is 14.9 Å². The number of nitrogens with zero attached hydrogens (tertiary/aromatic N) is 2. The molecule has 162 valence electrons. The molecule has 0 atom stereocenters. The first-order valence-electron chi connectivity index (χ1n) is 10.8. The second kappa shape index (κ2) is 9.64. The summed E-state index contributed by atoms with van der Waals surface area (Å²) in [5.74, 6) is 1.17. The largest absolute Gasteiger partial charge is 0.497 e. The predicted molar refractivity (Wildman–Crippen MR) is 121 cm³/mol. The summed E-state index contributed by atoms with van der Waals surface area (Å²) in [6, 6.07) is 15.5. The third-order valence-corrected chi connectivity index (χ3v) is 5.78. The lowest BCUT2D eigenvalue weighted by Crippen LogP contribution is -2.40. The minimum Gasteiger partial charge on any atom is -0.497 e. The predicted octanol–water partition coefficient (Wildman–Crippen LogP) is 3.47. The van der Waals surface area contributed by atoms with E-state index < -0.39 is 5.69 Å². The van der Waals surface area contributed by atoms with Gasteiger partial charge in [0.1, 0.15) is 18.1 Å². The van der Waals surface area contributed by atoms with Gasteiger partial charge in [-0.3, -0.25) is 9.36 Å². The quantitative estimate of drug-likeness (QED) is 0.611. The van der Waals surface area contributed by atoms with E-state index in [-0.39, 0.29) is 18.5 Å². The van der Waals surface area contributed by atoms with Gasteiger partial charge < -0.3 is 15.4 Å². The summed E-state index contributed by atoms with van der Waals surface area (Å²) in [5, 5.41) is 7.15. The number of amides is 1. The van der Waals surface area contributed by atoms with Crippen molar-refractivity contribution < 1.29 is 9.53 Å². The average Bonchev–Trinajstić information content (AvgIpc) is 2.81. The summed E-state index contributed by atoms with van der Waals surface area (Å²) in [5.41, 5.74) is 1.30. The lowest BCUT2D eigenvalue weighted by Gasteiger charge is -2.23. The molecule has 7 heteroatoms. The summed E-state index contributed by atoms with van der Waals surface area (Å²) in [6.07, 6.45) is 5.53. The number of methoxy groups -OCH3 is 1. The molecule has 1 fully saturated rings. The molecule has 4 rings (SSSR count). The first-order valence-corrected chi connectivity index (χ1v) is 10.8. The second-order valence-corrected chi connectivity index (χ2v) is 7.95. The molecular formula is C24H28N4O3. The number of fused-ring (bicyclic) bond motifs is 1. The van der Waals surface area contributed by atoms with Gasteiger partial charge in [0.05, 0.1) is 12.6 Å². The topological polar surface area (TPSA) is 85.2 Å². The third kappa shape index (κ3) is 5.05. The molecule has 1 aromatic heterocycles. The molecule has 7 nitrogen and oxygen atoms in total. The van der Waals surface area contributed by atoms with Crippen LogP contribution in [0.15, 0.2) is 53.3 Å². The van der Waals surface area contributed by atoms with Gasteiger partial charge in [-0.15, -0.1) is 0 Å². The van der Waals surface area contributed by atoms with Crippen molar-refractivity contribution in [1.29, 1.82) is 0 Å². The Bertz CT molecular complexity index is 1100. The smallest absolute Gasteiger partial charge is 0.350 e. The van der Waals surface area contributed by atoms with E-state index in [1.807, 2.05) is 48.5 Å². The van der Waals surface area contributed by atoms with Crippen molar-refractivity contribution in [3.05, 3.63) is 64.6 Å². The van der Waals surface area contributed by atoms with E-state index in [2.05, 4.69) is 15.6 Å². The van der Waals surface area contributed by atoms with Crippen LogP contribution in [-0.4, -0.2) is 28.6 Å². The number of anilines is 1. The number of hydrogen-bond donors (Lipinski definition) is 2. The number of carbonyl (C=O) groups is 1. The molecule has 2 aromatic carbocycles. The van der Waals surface area contributed by atoms with E-state index >= 15 is 0 Å². The van der Waals surface area contributed by atoms with Crippen molar-refractivity contribution in [3.63, 3.8) is 0 Å². The standard InChI is InChI=1S/C24H28N4O3/c1-31-19-13-11-17(12-14-19)15-25-23-20-9-5-6-10-21(20)28(24(30)27-23)16-22(29)26-18-7-3-2-4-8-18/h5-6,9-14,18H,2-4,7-8,15-16H2,1H3,(H,26,29)(H,25,27,30). The maximum atomic E-state index is 12.8. The van der Waals surface area contributed by atoms with Crippen LogP contribution in [-0.2, 0) is 17.9 Å². The van der Waals surface area contributed by atoms with E-state index in [1.54, 1.807) is 7.11 Å². The highest BCUT2D eigenvalue weighted by molar-refractivity contribution is 5.90. The molecule has 3 aromatic rings. The van der Waals surface area contributed by atoms with Crippen LogP contribution < -0.4 is 21.1 Å². The van der Waals surface area contributed by atoms with Crippen molar-refractivity contribution in [2.75, 3.05) is 12.4 Å². The molecule has 0 unspecified atom stereocenters. The lowest BCUT2D eigenvalue weighted by molar-refractivity contribution is -0.122. The van der Waals surface area contributed by atoms with Crippen LogP contribution in [0.2, 0.25) is 0 Å². The summed E-state index contributed by atoms with van der Waals surface area (Å²) in [6.45, 7) is 0.494. The molecule has 1 amide bonds. The molecular weight excluding hydrogens is 392 g/mol. The molecule has 1 aliphatic rings. The van der Waals surface area contributed by atoms with Gasteiger partial charge in [-0.1, -0.05) is 43.5 Å². The Morgan fingerprint density at radius 3 is 2.58 bits per heavy atom. The Morgan fingerprint density at radius 1 is 1.10 bits per heavy atom. The zero-order valence-electron chi connectivity index (χ0n) is 17.8. The summed E-state index contributed by atoms with van der Waals surface area (Å²) in [4.78, 5) is 29.6. The van der Waals surface area contributed by atoms with Crippen LogP contribution in [0.1, 0.15) is 37.7 Å². The first-order chi connectivity index (χ1) is 15.1. The SMILES string of the molecule is COc1ccc(CNc2nc(=O)n(CC(=O)NC3CCCCC3)c3ccccc23)cc1. The Hall–Kier alpha value is -3.35. The van der Waals surface area contributed by atoms with E-state index in [0.29, 0.717) is 17.9 Å². The Balaban J connectivity index is 1.53. The second-order valence-electron chi connectivity index (χ2n) is 7.95. The highest BCUT2D eigenvalue weighted by Crippen LogP contribution is 2.21. The first kappa shape index (κ1) is 20.9. The third-order valence-electron chi connectivity index (χ3n) is 5.78. The fourth-order valence-corrected chi connectivity index (χ4v) is 4.11. The molecule has 0 spiro atoms. The van der Waals surface area contributed by atoms with Crippen LogP contribution in [0.5, 0.6) is 5.75 Å². The Labute approximate surface area is 181 Å². The minimum atomic E-state index is -0.435. The molecule has 0 radical (unpaired) electrons. The van der Waals surface area contributed by atoms with Gasteiger partial charge in [0.25, 0.3) is 0 Å². The molecule has 0 bridgehead atoms. The maximum Gasteiger partial charge on any atom is 0.350 e. The lowest BCUT2D eigenvalue weighted by atomic mass is 9.95. The summed E-state index contributed by atoms with van der Waals surface area (Å²) >= 11 is 0. The van der Waals surface area contributed by atoms with Crippen LogP contribution >= 0.6 is 0 Å². The van der Waals surface area contributed by atoms with Gasteiger partial charge in [0.15, 0.2) is 0 Å². The molecule has 1 aliphatic carbocycles. The average molecular weight is 421 g/mol. The fraction of sp³-hybridized carbons (Fsp3) is 0.375. The molecule has 31 heavy (non-hydrogen) atoms. The van der Waals surface area contributed by atoms with Gasteiger partial charge in [-0.25, -0.2) is 4.79 Å². The zero-order valence-corrected chi connectivity index (χ0v) is 17.8. The maximum absolute atomic E-state index is 12.8. The highest BCUT2D eigenvalue weighted by Gasteiger charge is 2.18. The monoisotopic (exact) mass is 420 g/mol. The van der Waals surface area contributed by atoms with E-state index in [9.17, 15) is 9.59 Å². The molecule has 0 aliphatic heterocycles. The molecule has 1 heterocycles. The van der Waals surface area contributed by atoms with Crippen LogP contribution in [0.3, 0.4) is 0 Å². The normalized spacial score (nSPS) is 14.4. The van der Waals surface area contributed by atoms with Gasteiger partial charge in [0, 0.05) is 18.0 Å². The number of aromatic nitrogens is 2. The number of hydrogen-bond acceptors (Lipinski definition) is 5. The number of ether oxygens (including phenoxy) is 1. The highest BCUT2D eigenvalue weighted by atomic mass is 16.5. The summed E-state index contributed by atoms with van der Waals surface area (Å²) in [7, 11) is 1.63. The van der Waals surface area contributed by atoms with E-state index in [1.165, 1.54) is 11.0 Å². The van der Waals surface area contributed by atoms with Gasteiger partial charge in [-0.2, -0.15) is 4.98 Å². The Morgan fingerprint density at radius 2 is 1.84 bits per heavy atom. The van der Waals surface area contributed by atoms with Crippen molar-refractivity contribution >= 4 is 22.6 Å². The Kier molecular flexibility index (Phi) is 6.50. The van der Waals surface area contributed by atoms with Crippen LogP contribution in [0.25, 0.3) is 10.9 Å². The molecule has 0 saturated heterocycles. The minimum absolute atomic E-state index is 0.0262. The van der Waals surface area contributed by atoms with Crippen molar-refractivity contribution in [2.45, 2.75) is 51.2 Å².